The topological polar surface area (TPSA) is 68.2 Å². The maximum atomic E-state index is 13.3. The molecule has 0 N–H and O–H groups in total. The Balaban J connectivity index is 1.52. The lowest BCUT2D eigenvalue weighted by atomic mass is 10.0. The zero-order chi connectivity index (χ0) is 20.7. The third kappa shape index (κ3) is 3.63. The van der Waals surface area contributed by atoms with Crippen LogP contribution in [0, 0.1) is 17.7 Å². The molecular formula is C23H21FN4O2. The van der Waals surface area contributed by atoms with Gasteiger partial charge in [-0.15, -0.1) is 0 Å². The number of amides is 1. The van der Waals surface area contributed by atoms with Gasteiger partial charge >= 0.3 is 0 Å². The normalized spacial score (nSPS) is 19.9. The van der Waals surface area contributed by atoms with E-state index in [1.165, 1.54) is 12.1 Å². The summed E-state index contributed by atoms with van der Waals surface area (Å²) in [6.07, 6.45) is 4.98. The molecule has 3 aromatic rings. The van der Waals surface area contributed by atoms with Crippen molar-refractivity contribution < 1.29 is 13.9 Å². The van der Waals surface area contributed by atoms with Gasteiger partial charge in [0.1, 0.15) is 11.6 Å². The number of aromatic nitrogens is 3. The fourth-order valence-electron chi connectivity index (χ4n) is 3.80. The van der Waals surface area contributed by atoms with E-state index in [0.29, 0.717) is 42.9 Å². The first-order chi connectivity index (χ1) is 14.6. The van der Waals surface area contributed by atoms with Crippen molar-refractivity contribution in [3.63, 3.8) is 0 Å². The van der Waals surface area contributed by atoms with Crippen LogP contribution in [0.5, 0.6) is 11.6 Å². The van der Waals surface area contributed by atoms with Crippen LogP contribution in [0.2, 0.25) is 0 Å². The van der Waals surface area contributed by atoms with Crippen LogP contribution < -0.4 is 4.74 Å². The van der Waals surface area contributed by atoms with Crippen molar-refractivity contribution in [1.29, 1.82) is 0 Å². The summed E-state index contributed by atoms with van der Waals surface area (Å²) >= 11 is 0. The second kappa shape index (κ2) is 7.48. The first-order valence-electron chi connectivity index (χ1n) is 10.1. The summed E-state index contributed by atoms with van der Waals surface area (Å²) in [7, 11) is 0. The van der Waals surface area contributed by atoms with Crippen molar-refractivity contribution in [2.45, 2.75) is 26.3 Å². The van der Waals surface area contributed by atoms with E-state index < -0.39 is 0 Å². The van der Waals surface area contributed by atoms with Gasteiger partial charge in [-0.3, -0.25) is 9.78 Å². The number of hydrogen-bond acceptors (Lipinski definition) is 5. The minimum atomic E-state index is -0.333. The summed E-state index contributed by atoms with van der Waals surface area (Å²) in [5.41, 5.74) is 2.52. The lowest BCUT2D eigenvalue weighted by molar-refractivity contribution is -0.133. The van der Waals surface area contributed by atoms with E-state index in [4.69, 9.17) is 9.72 Å². The van der Waals surface area contributed by atoms with Gasteiger partial charge in [-0.1, -0.05) is 6.92 Å². The van der Waals surface area contributed by atoms with E-state index in [-0.39, 0.29) is 17.6 Å². The van der Waals surface area contributed by atoms with Gasteiger partial charge in [-0.05, 0) is 48.7 Å². The van der Waals surface area contributed by atoms with Crippen LogP contribution in [0.25, 0.3) is 11.4 Å². The molecule has 2 atom stereocenters. The summed E-state index contributed by atoms with van der Waals surface area (Å²) in [6, 6.07) is 9.50. The fourth-order valence-corrected chi connectivity index (χ4v) is 3.80. The number of benzene rings is 1. The van der Waals surface area contributed by atoms with Crippen LogP contribution in [0.4, 0.5) is 4.39 Å². The van der Waals surface area contributed by atoms with Crippen molar-refractivity contribution in [1.82, 2.24) is 19.9 Å². The highest BCUT2D eigenvalue weighted by Gasteiger charge is 2.42. The summed E-state index contributed by atoms with van der Waals surface area (Å²) in [6.45, 7) is 3.16. The predicted molar refractivity (Wildman–Crippen MR) is 108 cm³/mol. The van der Waals surface area contributed by atoms with Crippen molar-refractivity contribution in [2.75, 3.05) is 6.54 Å². The molecule has 1 amide bonds. The van der Waals surface area contributed by atoms with E-state index in [1.807, 2.05) is 17.0 Å². The Morgan fingerprint density at radius 3 is 2.57 bits per heavy atom. The highest BCUT2D eigenvalue weighted by molar-refractivity contribution is 5.82. The molecule has 6 nitrogen and oxygen atoms in total. The lowest BCUT2D eigenvalue weighted by Crippen LogP contribution is -2.38. The molecule has 1 aromatic carbocycles. The molecule has 2 aromatic heterocycles. The number of fused-ring (bicyclic) bond motifs is 1. The van der Waals surface area contributed by atoms with Gasteiger partial charge in [0.15, 0.2) is 5.82 Å². The molecule has 1 saturated carbocycles. The summed E-state index contributed by atoms with van der Waals surface area (Å²) in [5.74, 6) is 1.88. The number of nitrogens with zero attached hydrogens (tertiary/aromatic N) is 4. The predicted octanol–water partition coefficient (Wildman–Crippen LogP) is 4.01. The van der Waals surface area contributed by atoms with Crippen molar-refractivity contribution in [2.24, 2.45) is 11.8 Å². The zero-order valence-electron chi connectivity index (χ0n) is 16.6. The molecule has 152 valence electrons. The second-order valence-electron chi connectivity index (χ2n) is 7.90. The Bertz CT molecular complexity index is 1090. The standard InChI is InChI=1S/C23H21FN4O2/c1-14-12-18(14)23(29)28-11-8-20-19(13-28)22(30-17-4-2-16(24)3-5-17)27-21(26-20)15-6-9-25-10-7-15/h2-7,9-10,14,18H,8,11-13H2,1H3. The molecule has 3 heterocycles. The van der Waals surface area contributed by atoms with Gasteiger partial charge in [-0.25, -0.2) is 9.37 Å². The first kappa shape index (κ1) is 18.7. The van der Waals surface area contributed by atoms with Crippen molar-refractivity contribution in [3.8, 4) is 23.0 Å². The Morgan fingerprint density at radius 2 is 1.87 bits per heavy atom. The smallest absolute Gasteiger partial charge is 0.228 e. The minimum Gasteiger partial charge on any atom is -0.439 e. The molecule has 1 fully saturated rings. The number of pyridine rings is 1. The van der Waals surface area contributed by atoms with E-state index >= 15 is 0 Å². The maximum absolute atomic E-state index is 13.3. The monoisotopic (exact) mass is 404 g/mol. The molecular weight excluding hydrogens is 383 g/mol. The maximum Gasteiger partial charge on any atom is 0.228 e. The molecule has 0 saturated heterocycles. The van der Waals surface area contributed by atoms with Gasteiger partial charge in [-0.2, -0.15) is 4.98 Å². The van der Waals surface area contributed by atoms with Gasteiger partial charge < -0.3 is 9.64 Å². The van der Waals surface area contributed by atoms with Gasteiger partial charge in [0.05, 0.1) is 17.8 Å². The van der Waals surface area contributed by atoms with Crippen molar-refractivity contribution >= 4 is 5.91 Å². The molecule has 5 rings (SSSR count). The van der Waals surface area contributed by atoms with Crippen LogP contribution in [0.3, 0.4) is 0 Å². The van der Waals surface area contributed by atoms with Crippen LogP contribution in [-0.4, -0.2) is 32.3 Å². The molecule has 30 heavy (non-hydrogen) atoms. The highest BCUT2D eigenvalue weighted by Crippen LogP contribution is 2.40. The fraction of sp³-hybridized carbons (Fsp3) is 0.304. The van der Waals surface area contributed by atoms with Crippen LogP contribution in [0.1, 0.15) is 24.6 Å². The summed E-state index contributed by atoms with van der Waals surface area (Å²) in [4.78, 5) is 28.1. The Kier molecular flexibility index (Phi) is 4.65. The molecule has 2 aliphatic rings. The third-order valence-corrected chi connectivity index (χ3v) is 5.73. The largest absolute Gasteiger partial charge is 0.439 e. The molecule has 7 heteroatoms. The number of ether oxygens (including phenoxy) is 1. The second-order valence-corrected chi connectivity index (χ2v) is 7.90. The highest BCUT2D eigenvalue weighted by atomic mass is 19.1. The third-order valence-electron chi connectivity index (χ3n) is 5.73. The average molecular weight is 404 g/mol. The SMILES string of the molecule is CC1CC1C(=O)N1CCc2nc(-c3ccncc3)nc(Oc3ccc(F)cc3)c2C1. The Morgan fingerprint density at radius 1 is 1.13 bits per heavy atom. The van der Waals surface area contributed by atoms with E-state index in [1.54, 1.807) is 24.5 Å². The summed E-state index contributed by atoms with van der Waals surface area (Å²) in [5, 5.41) is 0. The average Bonchev–Trinajstić information content (AvgIpc) is 3.51. The zero-order valence-corrected chi connectivity index (χ0v) is 16.6. The van der Waals surface area contributed by atoms with Crippen molar-refractivity contribution in [3.05, 3.63) is 65.9 Å². The number of carbonyl (C=O) groups is 1. The van der Waals surface area contributed by atoms with E-state index in [0.717, 1.165) is 23.2 Å². The lowest BCUT2D eigenvalue weighted by Gasteiger charge is -2.29. The Hall–Kier alpha value is -3.35. The molecule has 2 unspecified atom stereocenters. The Labute approximate surface area is 173 Å². The molecule has 0 radical (unpaired) electrons. The minimum absolute atomic E-state index is 0.130. The van der Waals surface area contributed by atoms with Gasteiger partial charge in [0, 0.05) is 36.8 Å². The van der Waals surface area contributed by atoms with Crippen LogP contribution in [0.15, 0.2) is 48.8 Å². The first-order valence-corrected chi connectivity index (χ1v) is 10.1. The van der Waals surface area contributed by atoms with Crippen LogP contribution >= 0.6 is 0 Å². The molecule has 1 aliphatic heterocycles. The van der Waals surface area contributed by atoms with E-state index in [9.17, 15) is 9.18 Å². The number of carbonyl (C=O) groups excluding carboxylic acids is 1. The number of rotatable bonds is 4. The summed E-state index contributed by atoms with van der Waals surface area (Å²) < 4.78 is 19.4. The number of halogens is 1. The van der Waals surface area contributed by atoms with E-state index in [2.05, 4.69) is 16.9 Å². The number of hydrogen-bond donors (Lipinski definition) is 0. The quantitative estimate of drug-likeness (QED) is 0.657. The molecule has 1 aliphatic carbocycles. The van der Waals surface area contributed by atoms with Gasteiger partial charge in [0.25, 0.3) is 0 Å². The molecule has 0 spiro atoms. The molecule has 0 bridgehead atoms. The van der Waals surface area contributed by atoms with Crippen LogP contribution in [-0.2, 0) is 17.8 Å². The van der Waals surface area contributed by atoms with Gasteiger partial charge in [0.2, 0.25) is 11.8 Å².